The first-order chi connectivity index (χ1) is 5.97. The molecule has 1 N–H and O–H groups in total. The summed E-state index contributed by atoms with van der Waals surface area (Å²) in [5, 5.41) is 0. The number of hydrogen-bond acceptors (Lipinski definition) is 3. The molecule has 0 bridgehead atoms. The van der Waals surface area contributed by atoms with E-state index in [2.05, 4.69) is 0 Å². The molecule has 0 aromatic rings. The van der Waals surface area contributed by atoms with Gasteiger partial charge in [0.05, 0.1) is 5.60 Å². The van der Waals surface area contributed by atoms with Crippen molar-refractivity contribution in [3.05, 3.63) is 0 Å². The molecule has 13 heavy (non-hydrogen) atoms. The van der Waals surface area contributed by atoms with Gasteiger partial charge in [0, 0.05) is 0 Å². The summed E-state index contributed by atoms with van der Waals surface area (Å²) in [7, 11) is -4.29. The van der Waals surface area contributed by atoms with Gasteiger partial charge in [-0.15, -0.1) is 0 Å². The standard InChI is InChI=1S/C8H16O4S/c1-2-8(12-13(9,10)11)6-4-3-5-7-8/h2-7H2,1H3,(H,9,10,11). The van der Waals surface area contributed by atoms with Gasteiger partial charge < -0.3 is 0 Å². The third-order valence-electron chi connectivity index (χ3n) is 2.69. The highest BCUT2D eigenvalue weighted by Crippen LogP contribution is 2.35. The molecule has 1 fully saturated rings. The quantitative estimate of drug-likeness (QED) is 0.720. The van der Waals surface area contributed by atoms with Crippen LogP contribution in [0, 0.1) is 0 Å². The van der Waals surface area contributed by atoms with Crippen LogP contribution in [-0.2, 0) is 14.6 Å². The average molecular weight is 208 g/mol. The van der Waals surface area contributed by atoms with E-state index in [0.717, 1.165) is 32.1 Å². The van der Waals surface area contributed by atoms with Gasteiger partial charge >= 0.3 is 10.4 Å². The molecule has 0 radical (unpaired) electrons. The minimum absolute atomic E-state index is 0.632. The molecule has 1 saturated carbocycles. The molecule has 1 rings (SSSR count). The van der Waals surface area contributed by atoms with E-state index in [1.165, 1.54) is 0 Å². The molecular formula is C8H16O4S. The summed E-state index contributed by atoms with van der Waals surface area (Å²) in [6.07, 6.45) is 5.16. The Bertz CT molecular complexity index is 251. The van der Waals surface area contributed by atoms with Gasteiger partial charge in [0.25, 0.3) is 0 Å². The predicted molar refractivity (Wildman–Crippen MR) is 48.7 cm³/mol. The fourth-order valence-electron chi connectivity index (χ4n) is 1.92. The molecule has 0 atom stereocenters. The van der Waals surface area contributed by atoms with E-state index in [-0.39, 0.29) is 0 Å². The summed E-state index contributed by atoms with van der Waals surface area (Å²) in [6, 6.07) is 0. The Kier molecular flexibility index (Phi) is 3.32. The van der Waals surface area contributed by atoms with Crippen LogP contribution in [0.5, 0.6) is 0 Å². The van der Waals surface area contributed by atoms with Gasteiger partial charge in [0.2, 0.25) is 0 Å². The lowest BCUT2D eigenvalue weighted by molar-refractivity contribution is 0.0223. The summed E-state index contributed by atoms with van der Waals surface area (Å²) >= 11 is 0. The van der Waals surface area contributed by atoms with Crippen molar-refractivity contribution in [1.29, 1.82) is 0 Å². The largest absolute Gasteiger partial charge is 0.397 e. The highest BCUT2D eigenvalue weighted by molar-refractivity contribution is 7.80. The molecule has 78 valence electrons. The summed E-state index contributed by atoms with van der Waals surface area (Å²) in [5.41, 5.74) is -0.633. The van der Waals surface area contributed by atoms with Crippen molar-refractivity contribution in [3.63, 3.8) is 0 Å². The van der Waals surface area contributed by atoms with Gasteiger partial charge in [-0.1, -0.05) is 26.2 Å². The van der Waals surface area contributed by atoms with Crippen molar-refractivity contribution in [3.8, 4) is 0 Å². The molecule has 0 amide bonds. The van der Waals surface area contributed by atoms with E-state index < -0.39 is 16.0 Å². The fraction of sp³-hybridized carbons (Fsp3) is 1.00. The SMILES string of the molecule is CCC1(OS(=O)(=O)O)CCCCC1. The second kappa shape index (κ2) is 3.94. The van der Waals surface area contributed by atoms with Crippen molar-refractivity contribution >= 4 is 10.4 Å². The Morgan fingerprint density at radius 1 is 1.31 bits per heavy atom. The molecule has 0 saturated heterocycles. The monoisotopic (exact) mass is 208 g/mol. The second-order valence-corrected chi connectivity index (χ2v) is 4.63. The zero-order valence-electron chi connectivity index (χ0n) is 7.82. The third-order valence-corrected chi connectivity index (χ3v) is 3.26. The molecule has 1 aliphatic carbocycles. The summed E-state index contributed by atoms with van der Waals surface area (Å²) in [4.78, 5) is 0. The lowest BCUT2D eigenvalue weighted by Gasteiger charge is -2.34. The van der Waals surface area contributed by atoms with Crippen LogP contribution in [-0.4, -0.2) is 18.6 Å². The highest BCUT2D eigenvalue weighted by atomic mass is 32.3. The molecule has 0 aliphatic heterocycles. The first-order valence-corrected chi connectivity index (χ1v) is 6.02. The average Bonchev–Trinajstić information content (AvgIpc) is 2.03. The smallest absolute Gasteiger partial charge is 0.264 e. The maximum atomic E-state index is 10.6. The van der Waals surface area contributed by atoms with Crippen molar-refractivity contribution in [2.24, 2.45) is 0 Å². The maximum absolute atomic E-state index is 10.6. The summed E-state index contributed by atoms with van der Waals surface area (Å²) in [5.74, 6) is 0. The number of rotatable bonds is 3. The van der Waals surface area contributed by atoms with Crippen molar-refractivity contribution in [1.82, 2.24) is 0 Å². The first kappa shape index (κ1) is 10.9. The topological polar surface area (TPSA) is 63.6 Å². The van der Waals surface area contributed by atoms with Gasteiger partial charge in [0.15, 0.2) is 0 Å². The molecule has 1 aliphatic rings. The van der Waals surface area contributed by atoms with E-state index in [4.69, 9.17) is 8.74 Å². The van der Waals surface area contributed by atoms with Crippen molar-refractivity contribution < 1.29 is 17.2 Å². The van der Waals surface area contributed by atoms with Crippen LogP contribution in [0.2, 0.25) is 0 Å². The van der Waals surface area contributed by atoms with E-state index >= 15 is 0 Å². The lowest BCUT2D eigenvalue weighted by atomic mass is 9.83. The summed E-state index contributed by atoms with van der Waals surface area (Å²) in [6.45, 7) is 1.89. The third kappa shape index (κ3) is 3.25. The first-order valence-electron chi connectivity index (χ1n) is 4.65. The Balaban J connectivity index is 2.68. The van der Waals surface area contributed by atoms with Crippen LogP contribution >= 0.6 is 0 Å². The molecule has 5 heteroatoms. The molecule has 0 aromatic carbocycles. The second-order valence-electron chi connectivity index (χ2n) is 3.61. The fourth-order valence-corrected chi connectivity index (χ4v) is 2.65. The molecule has 4 nitrogen and oxygen atoms in total. The Morgan fingerprint density at radius 3 is 2.23 bits per heavy atom. The normalized spacial score (nSPS) is 22.9. The zero-order valence-corrected chi connectivity index (χ0v) is 8.64. The Morgan fingerprint density at radius 2 is 1.85 bits per heavy atom. The van der Waals surface area contributed by atoms with Crippen molar-refractivity contribution in [2.45, 2.75) is 51.0 Å². The highest BCUT2D eigenvalue weighted by Gasteiger charge is 2.35. The molecule has 0 unspecified atom stereocenters. The van der Waals surface area contributed by atoms with Gasteiger partial charge in [-0.3, -0.25) is 4.55 Å². The molecule has 0 spiro atoms. The Hall–Kier alpha value is -0.130. The predicted octanol–water partition coefficient (Wildman–Crippen LogP) is 1.92. The maximum Gasteiger partial charge on any atom is 0.397 e. The molecular weight excluding hydrogens is 192 g/mol. The Labute approximate surface area is 79.2 Å². The lowest BCUT2D eigenvalue weighted by Crippen LogP contribution is -2.36. The zero-order chi connectivity index (χ0) is 9.95. The van der Waals surface area contributed by atoms with Crippen molar-refractivity contribution in [2.75, 3.05) is 0 Å². The van der Waals surface area contributed by atoms with Crippen LogP contribution in [0.4, 0.5) is 0 Å². The number of hydrogen-bond donors (Lipinski definition) is 1. The summed E-state index contributed by atoms with van der Waals surface area (Å²) < 4.78 is 34.6. The molecule has 0 heterocycles. The van der Waals surface area contributed by atoms with Gasteiger partial charge in [0.1, 0.15) is 0 Å². The van der Waals surface area contributed by atoms with Gasteiger partial charge in [-0.2, -0.15) is 8.42 Å². The van der Waals surface area contributed by atoms with Crippen LogP contribution in [0.25, 0.3) is 0 Å². The van der Waals surface area contributed by atoms with Crippen LogP contribution < -0.4 is 0 Å². The van der Waals surface area contributed by atoms with Gasteiger partial charge in [-0.25, -0.2) is 4.18 Å². The minimum Gasteiger partial charge on any atom is -0.264 e. The van der Waals surface area contributed by atoms with E-state index in [1.807, 2.05) is 6.92 Å². The van der Waals surface area contributed by atoms with Gasteiger partial charge in [-0.05, 0) is 19.3 Å². The van der Waals surface area contributed by atoms with E-state index in [9.17, 15) is 8.42 Å². The van der Waals surface area contributed by atoms with E-state index in [1.54, 1.807) is 0 Å². The molecule has 0 aromatic heterocycles. The minimum atomic E-state index is -4.29. The van der Waals surface area contributed by atoms with E-state index in [0.29, 0.717) is 6.42 Å². The van der Waals surface area contributed by atoms with Crippen LogP contribution in [0.15, 0.2) is 0 Å². The van der Waals surface area contributed by atoms with Crippen LogP contribution in [0.1, 0.15) is 45.4 Å². The van der Waals surface area contributed by atoms with Crippen LogP contribution in [0.3, 0.4) is 0 Å².